The lowest BCUT2D eigenvalue weighted by Gasteiger charge is -2.50. The molecule has 2 fully saturated rings. The zero-order valence-corrected chi connectivity index (χ0v) is 21.3. The van der Waals surface area contributed by atoms with Crippen molar-refractivity contribution < 1.29 is 25.2 Å². The van der Waals surface area contributed by atoms with E-state index in [0.717, 1.165) is 24.8 Å². The third-order valence-corrected chi connectivity index (χ3v) is 9.77. The molecule has 2 saturated carbocycles. The first kappa shape index (κ1) is 26.6. The molecule has 5 nitrogen and oxygen atoms in total. The smallest absolute Gasteiger partial charge is 0.165 e. The van der Waals surface area contributed by atoms with Gasteiger partial charge in [-0.2, -0.15) is 0 Å². The van der Waals surface area contributed by atoms with Gasteiger partial charge in [-0.15, -0.1) is 0 Å². The Labute approximate surface area is 200 Å². The minimum atomic E-state index is -0.936. The molecule has 188 valence electrons. The number of hydrogen-bond acceptors (Lipinski definition) is 5. The third-order valence-electron chi connectivity index (χ3n) is 9.77. The fraction of sp³-hybridized carbons (Fsp3) is 0.821. The van der Waals surface area contributed by atoms with Crippen molar-refractivity contribution >= 4 is 5.78 Å². The maximum atomic E-state index is 13.9. The molecule has 3 aliphatic carbocycles. The summed E-state index contributed by atoms with van der Waals surface area (Å²) in [4.78, 5) is 13.9. The van der Waals surface area contributed by atoms with E-state index in [2.05, 4.69) is 27.4 Å². The zero-order chi connectivity index (χ0) is 24.8. The van der Waals surface area contributed by atoms with E-state index in [9.17, 15) is 25.2 Å². The molecule has 0 heterocycles. The summed E-state index contributed by atoms with van der Waals surface area (Å²) < 4.78 is 0. The number of carbonyl (C=O) groups is 1. The second-order valence-corrected chi connectivity index (χ2v) is 12.2. The highest BCUT2D eigenvalue weighted by atomic mass is 16.3. The monoisotopic (exact) mass is 462 g/mol. The molecule has 0 radical (unpaired) electrons. The number of aliphatic hydroxyl groups is 4. The van der Waals surface area contributed by atoms with Crippen molar-refractivity contribution in [2.24, 2.45) is 34.5 Å². The Morgan fingerprint density at radius 2 is 1.91 bits per heavy atom. The highest BCUT2D eigenvalue weighted by Gasteiger charge is 2.58. The lowest BCUT2D eigenvalue weighted by molar-refractivity contribution is -0.138. The van der Waals surface area contributed by atoms with Crippen LogP contribution in [0.4, 0.5) is 0 Å². The van der Waals surface area contributed by atoms with Gasteiger partial charge >= 0.3 is 0 Å². The topological polar surface area (TPSA) is 98.0 Å². The van der Waals surface area contributed by atoms with Gasteiger partial charge in [-0.1, -0.05) is 39.8 Å². The van der Waals surface area contributed by atoms with Crippen LogP contribution in [-0.2, 0) is 4.79 Å². The van der Waals surface area contributed by atoms with E-state index < -0.39 is 28.6 Å². The highest BCUT2D eigenvalue weighted by Crippen LogP contribution is 2.60. The zero-order valence-electron chi connectivity index (χ0n) is 21.3. The van der Waals surface area contributed by atoms with Crippen molar-refractivity contribution in [2.45, 2.75) is 104 Å². The fourth-order valence-electron chi connectivity index (χ4n) is 7.33. The predicted molar refractivity (Wildman–Crippen MR) is 130 cm³/mol. The van der Waals surface area contributed by atoms with Crippen molar-refractivity contribution in [1.29, 1.82) is 0 Å². The van der Waals surface area contributed by atoms with Crippen LogP contribution < -0.4 is 0 Å². The number of allylic oxidation sites excluding steroid dienone is 2. The van der Waals surface area contributed by atoms with Crippen molar-refractivity contribution in [3.63, 3.8) is 0 Å². The molecular weight excluding hydrogens is 416 g/mol. The quantitative estimate of drug-likeness (QED) is 0.406. The van der Waals surface area contributed by atoms with Crippen LogP contribution in [0.25, 0.3) is 0 Å². The molecule has 0 aromatic heterocycles. The number of rotatable bonds is 8. The van der Waals surface area contributed by atoms with Crippen molar-refractivity contribution in [1.82, 2.24) is 0 Å². The summed E-state index contributed by atoms with van der Waals surface area (Å²) in [5, 5.41) is 42.7. The first-order valence-corrected chi connectivity index (χ1v) is 12.9. The molecule has 3 rings (SSSR count). The Hall–Kier alpha value is -1.01. The van der Waals surface area contributed by atoms with Crippen LogP contribution in [0, 0.1) is 34.5 Å². The predicted octanol–water partition coefficient (Wildman–Crippen LogP) is 4.18. The minimum Gasteiger partial charge on any atom is -0.396 e. The second-order valence-electron chi connectivity index (χ2n) is 12.2. The number of fused-ring (bicyclic) bond motifs is 1. The third kappa shape index (κ3) is 4.76. The largest absolute Gasteiger partial charge is 0.396 e. The van der Waals surface area contributed by atoms with Crippen molar-refractivity contribution in [3.8, 4) is 0 Å². The Balaban J connectivity index is 1.91. The molecule has 0 amide bonds. The normalized spacial score (nSPS) is 41.0. The maximum absolute atomic E-state index is 13.9. The average Bonchev–Trinajstić information content (AvgIpc) is 3.08. The number of carbonyl (C=O) groups excluding carboxylic acids is 1. The molecule has 0 bridgehead atoms. The van der Waals surface area contributed by atoms with E-state index in [1.807, 2.05) is 13.8 Å². The van der Waals surface area contributed by atoms with Gasteiger partial charge in [0, 0.05) is 17.9 Å². The Morgan fingerprint density at radius 3 is 2.52 bits per heavy atom. The Morgan fingerprint density at radius 1 is 1.24 bits per heavy atom. The van der Waals surface area contributed by atoms with Gasteiger partial charge in [-0.25, -0.2) is 0 Å². The van der Waals surface area contributed by atoms with Gasteiger partial charge in [-0.05, 0) is 93.1 Å². The number of hydrogen-bond donors (Lipinski definition) is 4. The van der Waals surface area contributed by atoms with Crippen LogP contribution >= 0.6 is 0 Å². The Bertz CT molecular complexity index is 783. The molecule has 33 heavy (non-hydrogen) atoms. The van der Waals surface area contributed by atoms with Crippen LogP contribution in [0.2, 0.25) is 0 Å². The van der Waals surface area contributed by atoms with Crippen LogP contribution in [0.15, 0.2) is 23.8 Å². The van der Waals surface area contributed by atoms with E-state index in [-0.39, 0.29) is 30.1 Å². The number of aliphatic hydroxyl groups excluding tert-OH is 3. The van der Waals surface area contributed by atoms with Gasteiger partial charge in [0.15, 0.2) is 5.78 Å². The van der Waals surface area contributed by atoms with E-state index in [0.29, 0.717) is 43.6 Å². The van der Waals surface area contributed by atoms with Crippen LogP contribution in [-0.4, -0.2) is 50.6 Å². The molecule has 8 atom stereocenters. The lowest BCUT2D eigenvalue weighted by atomic mass is 9.55. The summed E-state index contributed by atoms with van der Waals surface area (Å²) in [5.41, 5.74) is -0.248. The lowest BCUT2D eigenvalue weighted by Crippen LogP contribution is -2.52. The molecule has 0 saturated heterocycles. The van der Waals surface area contributed by atoms with Crippen LogP contribution in [0.5, 0.6) is 0 Å². The summed E-state index contributed by atoms with van der Waals surface area (Å²) in [6.07, 6.45) is 5.52. The SMILES string of the molecule is C=C(CC[C@](C)(O)[C@H]1CC[C@@H](C2=C[C@H](O)[C@H]3C[C@@H](O)CC[C@]3(C)C2=O)[C@]1(C)CCO)C(C)C. The first-order chi connectivity index (χ1) is 15.3. The molecule has 0 aliphatic heterocycles. The highest BCUT2D eigenvalue weighted by molar-refractivity contribution is 6.01. The van der Waals surface area contributed by atoms with Gasteiger partial charge in [0.25, 0.3) is 0 Å². The summed E-state index contributed by atoms with van der Waals surface area (Å²) in [7, 11) is 0. The second kappa shape index (κ2) is 9.56. The van der Waals surface area contributed by atoms with Crippen LogP contribution in [0.3, 0.4) is 0 Å². The number of Topliss-reactive ketones (excluding diaryl/α,β-unsaturated/α-hetero) is 1. The molecule has 3 aliphatic rings. The molecule has 0 spiro atoms. The van der Waals surface area contributed by atoms with Gasteiger partial charge < -0.3 is 20.4 Å². The molecule has 5 heteroatoms. The molecule has 0 aromatic rings. The van der Waals surface area contributed by atoms with Gasteiger partial charge in [0.1, 0.15) is 0 Å². The maximum Gasteiger partial charge on any atom is 0.165 e. The Kier molecular flexibility index (Phi) is 7.71. The summed E-state index contributed by atoms with van der Waals surface area (Å²) in [5.74, 6) is 0.0271. The number of ketones is 1. The molecule has 4 N–H and O–H groups in total. The average molecular weight is 463 g/mol. The van der Waals surface area contributed by atoms with E-state index in [4.69, 9.17) is 0 Å². The molecular formula is C28H46O5. The van der Waals surface area contributed by atoms with E-state index in [1.54, 1.807) is 6.08 Å². The first-order valence-electron chi connectivity index (χ1n) is 12.9. The summed E-state index contributed by atoms with van der Waals surface area (Å²) in [6, 6.07) is 0. The van der Waals surface area contributed by atoms with Gasteiger partial charge in [0.2, 0.25) is 0 Å². The van der Waals surface area contributed by atoms with E-state index in [1.165, 1.54) is 0 Å². The molecule has 0 unspecified atom stereocenters. The van der Waals surface area contributed by atoms with Crippen LogP contribution in [0.1, 0.15) is 86.0 Å². The van der Waals surface area contributed by atoms with Gasteiger partial charge in [-0.3, -0.25) is 4.79 Å². The molecule has 0 aromatic carbocycles. The van der Waals surface area contributed by atoms with Crippen molar-refractivity contribution in [2.75, 3.05) is 6.61 Å². The standard InChI is InChI=1S/C28H46O5/c1-17(2)18(3)9-12-28(6,33)24-8-7-21(26(24,4)13-14-29)20-16-23(31)22-15-19(30)10-11-27(22,5)25(20)32/h16-17,19,21-24,29-31,33H,3,7-15H2,1-2,4-6H3/t19-,21-,22+,23-,24-,26-,27-,28-/m0/s1. The van der Waals surface area contributed by atoms with E-state index >= 15 is 0 Å². The summed E-state index contributed by atoms with van der Waals surface area (Å²) >= 11 is 0. The van der Waals surface area contributed by atoms with Crippen molar-refractivity contribution in [3.05, 3.63) is 23.8 Å². The van der Waals surface area contributed by atoms with Gasteiger partial charge in [0.05, 0.1) is 17.8 Å². The fourth-order valence-corrected chi connectivity index (χ4v) is 7.33. The minimum absolute atomic E-state index is 0.00556. The summed E-state index contributed by atoms with van der Waals surface area (Å²) in [6.45, 7) is 14.3.